The van der Waals surface area contributed by atoms with Crippen LogP contribution in [0.25, 0.3) is 0 Å². The maximum absolute atomic E-state index is 9.94. The first-order valence-electron chi connectivity index (χ1n) is 5.04. The molecule has 0 saturated heterocycles. The summed E-state index contributed by atoms with van der Waals surface area (Å²) >= 11 is 0. The smallest absolute Gasteiger partial charge is 0.140 e. The third-order valence-corrected chi connectivity index (χ3v) is 3.02. The Hall–Kier alpha value is -0.940. The molecular formula is C10H20N4O. The number of nitrogens with one attached hydrogen (secondary N) is 1. The van der Waals surface area contributed by atoms with Gasteiger partial charge < -0.3 is 10.4 Å². The molecule has 0 aliphatic carbocycles. The van der Waals surface area contributed by atoms with Gasteiger partial charge in [0, 0.05) is 12.6 Å². The fraction of sp³-hybridized carbons (Fsp3) is 0.800. The molecule has 0 saturated carbocycles. The van der Waals surface area contributed by atoms with Gasteiger partial charge in [0.1, 0.15) is 12.2 Å². The minimum absolute atomic E-state index is 0.376. The van der Waals surface area contributed by atoms with Crippen molar-refractivity contribution < 1.29 is 5.11 Å². The second-order valence-corrected chi connectivity index (χ2v) is 4.84. The van der Waals surface area contributed by atoms with Crippen LogP contribution in [0.1, 0.15) is 33.5 Å². The van der Waals surface area contributed by atoms with E-state index in [0.29, 0.717) is 6.54 Å². The molecule has 5 nitrogen and oxygen atoms in total. The van der Waals surface area contributed by atoms with E-state index >= 15 is 0 Å². The fourth-order valence-corrected chi connectivity index (χ4v) is 0.997. The lowest BCUT2D eigenvalue weighted by molar-refractivity contribution is -0.00572. The molecule has 0 fully saturated rings. The summed E-state index contributed by atoms with van der Waals surface area (Å²) in [5, 5.41) is 17.2. The number of aryl methyl sites for hydroxylation is 1. The molecule has 0 aromatic carbocycles. The van der Waals surface area contributed by atoms with Crippen LogP contribution in [0.15, 0.2) is 6.33 Å². The molecule has 2 N–H and O–H groups in total. The predicted octanol–water partition coefficient (Wildman–Crippen LogP) is 0.454. The maximum Gasteiger partial charge on any atom is 0.140 e. The minimum atomic E-state index is -0.786. The second-order valence-electron chi connectivity index (χ2n) is 4.84. The van der Waals surface area contributed by atoms with Crippen molar-refractivity contribution in [2.75, 3.05) is 0 Å². The highest BCUT2D eigenvalue weighted by molar-refractivity contribution is 4.95. The largest absolute Gasteiger partial charge is 0.389 e. The molecule has 0 aliphatic heterocycles. The van der Waals surface area contributed by atoms with Crippen LogP contribution in [0, 0.1) is 0 Å². The van der Waals surface area contributed by atoms with Gasteiger partial charge in [0.2, 0.25) is 0 Å². The standard InChI is InChI=1S/C10H20N4O/c1-9(2,10(3,4)15)12-6-8-11-7-13-14(8)5/h7,12,15H,6H2,1-5H3. The predicted molar refractivity (Wildman–Crippen MR) is 58.2 cm³/mol. The van der Waals surface area contributed by atoms with Crippen LogP contribution in [0.3, 0.4) is 0 Å². The molecule has 0 radical (unpaired) electrons. The Balaban J connectivity index is 2.61. The van der Waals surface area contributed by atoms with Crippen LogP contribution in [0.4, 0.5) is 0 Å². The SMILES string of the molecule is Cn1ncnc1CNC(C)(C)C(C)(C)O. The van der Waals surface area contributed by atoms with Crippen molar-refractivity contribution in [3.63, 3.8) is 0 Å². The molecule has 0 spiro atoms. The first-order valence-corrected chi connectivity index (χ1v) is 5.04. The molecule has 0 aliphatic rings. The number of aromatic nitrogens is 3. The number of nitrogens with zero attached hydrogens (tertiary/aromatic N) is 3. The first kappa shape index (κ1) is 12.1. The summed E-state index contributed by atoms with van der Waals surface area (Å²) in [5.74, 6) is 0.854. The van der Waals surface area contributed by atoms with Gasteiger partial charge in [-0.05, 0) is 27.7 Å². The summed E-state index contributed by atoms with van der Waals surface area (Å²) in [5.41, 5.74) is -1.16. The van der Waals surface area contributed by atoms with Crippen LogP contribution in [-0.2, 0) is 13.6 Å². The minimum Gasteiger partial charge on any atom is -0.389 e. The first-order chi connectivity index (χ1) is 6.74. The zero-order valence-electron chi connectivity index (χ0n) is 10.1. The van der Waals surface area contributed by atoms with Crippen molar-refractivity contribution in [2.24, 2.45) is 7.05 Å². The zero-order valence-corrected chi connectivity index (χ0v) is 10.1. The van der Waals surface area contributed by atoms with E-state index in [2.05, 4.69) is 15.4 Å². The van der Waals surface area contributed by atoms with Gasteiger partial charge in [0.05, 0.1) is 12.1 Å². The Morgan fingerprint density at radius 3 is 2.40 bits per heavy atom. The molecule has 15 heavy (non-hydrogen) atoms. The van der Waals surface area contributed by atoms with E-state index in [9.17, 15) is 5.11 Å². The molecule has 0 amide bonds. The van der Waals surface area contributed by atoms with Gasteiger partial charge in [0.15, 0.2) is 0 Å². The summed E-state index contributed by atoms with van der Waals surface area (Å²) in [7, 11) is 1.85. The number of hydrogen-bond acceptors (Lipinski definition) is 4. The van der Waals surface area contributed by atoms with Gasteiger partial charge in [-0.2, -0.15) is 5.10 Å². The quantitative estimate of drug-likeness (QED) is 0.761. The van der Waals surface area contributed by atoms with E-state index in [1.54, 1.807) is 18.5 Å². The van der Waals surface area contributed by atoms with E-state index in [-0.39, 0.29) is 5.54 Å². The summed E-state index contributed by atoms with van der Waals surface area (Å²) in [6.45, 7) is 8.09. The van der Waals surface area contributed by atoms with Crippen molar-refractivity contribution in [1.82, 2.24) is 20.1 Å². The summed E-state index contributed by atoms with van der Waals surface area (Å²) in [6.07, 6.45) is 1.52. The second kappa shape index (κ2) is 3.90. The number of rotatable bonds is 4. The number of hydrogen-bond donors (Lipinski definition) is 2. The Morgan fingerprint density at radius 1 is 1.40 bits per heavy atom. The lowest BCUT2D eigenvalue weighted by Gasteiger charge is -2.38. The normalized spacial score (nSPS) is 13.2. The monoisotopic (exact) mass is 212 g/mol. The number of aliphatic hydroxyl groups is 1. The Labute approximate surface area is 90.5 Å². The van der Waals surface area contributed by atoms with E-state index in [0.717, 1.165) is 5.82 Å². The van der Waals surface area contributed by atoms with E-state index in [4.69, 9.17) is 0 Å². The highest BCUT2D eigenvalue weighted by Gasteiger charge is 2.34. The molecule has 1 aromatic heterocycles. The van der Waals surface area contributed by atoms with Crippen LogP contribution < -0.4 is 5.32 Å². The molecule has 0 bridgehead atoms. The van der Waals surface area contributed by atoms with Crippen LogP contribution in [0.2, 0.25) is 0 Å². The van der Waals surface area contributed by atoms with Crippen LogP contribution in [0.5, 0.6) is 0 Å². The Morgan fingerprint density at radius 2 is 2.00 bits per heavy atom. The average molecular weight is 212 g/mol. The fourth-order valence-electron chi connectivity index (χ4n) is 0.997. The van der Waals surface area contributed by atoms with E-state index in [1.807, 2.05) is 20.9 Å². The van der Waals surface area contributed by atoms with Crippen LogP contribution in [-0.4, -0.2) is 31.0 Å². The Kier molecular flexibility index (Phi) is 3.16. The van der Waals surface area contributed by atoms with Crippen molar-refractivity contribution in [2.45, 2.75) is 45.4 Å². The summed E-state index contributed by atoms with van der Waals surface area (Å²) < 4.78 is 1.72. The molecular weight excluding hydrogens is 192 g/mol. The van der Waals surface area contributed by atoms with E-state index in [1.165, 1.54) is 6.33 Å². The zero-order chi connectivity index (χ0) is 11.7. The van der Waals surface area contributed by atoms with Crippen molar-refractivity contribution >= 4 is 0 Å². The lowest BCUT2D eigenvalue weighted by atomic mass is 9.86. The maximum atomic E-state index is 9.94. The average Bonchev–Trinajstić information content (AvgIpc) is 2.46. The summed E-state index contributed by atoms with van der Waals surface area (Å²) in [4.78, 5) is 4.11. The van der Waals surface area contributed by atoms with Crippen molar-refractivity contribution in [1.29, 1.82) is 0 Å². The molecule has 1 aromatic rings. The topological polar surface area (TPSA) is 63.0 Å². The third-order valence-electron chi connectivity index (χ3n) is 3.02. The molecule has 1 heterocycles. The van der Waals surface area contributed by atoms with Gasteiger partial charge in [-0.25, -0.2) is 4.98 Å². The third kappa shape index (κ3) is 2.76. The van der Waals surface area contributed by atoms with Crippen molar-refractivity contribution in [3.8, 4) is 0 Å². The van der Waals surface area contributed by atoms with Gasteiger partial charge in [0.25, 0.3) is 0 Å². The molecule has 86 valence electrons. The van der Waals surface area contributed by atoms with Gasteiger partial charge in [-0.3, -0.25) is 4.68 Å². The molecule has 5 heteroatoms. The Bertz CT molecular complexity index is 324. The summed E-state index contributed by atoms with van der Waals surface area (Å²) in [6, 6.07) is 0. The molecule has 0 unspecified atom stereocenters. The van der Waals surface area contributed by atoms with E-state index < -0.39 is 5.60 Å². The van der Waals surface area contributed by atoms with Crippen molar-refractivity contribution in [3.05, 3.63) is 12.2 Å². The lowest BCUT2D eigenvalue weighted by Crippen LogP contribution is -2.55. The van der Waals surface area contributed by atoms with Gasteiger partial charge >= 0.3 is 0 Å². The van der Waals surface area contributed by atoms with Gasteiger partial charge in [-0.15, -0.1) is 0 Å². The highest BCUT2D eigenvalue weighted by atomic mass is 16.3. The molecule has 0 atom stereocenters. The van der Waals surface area contributed by atoms with Gasteiger partial charge in [-0.1, -0.05) is 0 Å². The highest BCUT2D eigenvalue weighted by Crippen LogP contribution is 2.20. The van der Waals surface area contributed by atoms with Crippen LogP contribution >= 0.6 is 0 Å². The molecule has 1 rings (SSSR count).